The highest BCUT2D eigenvalue weighted by Crippen LogP contribution is 2.32. The van der Waals surface area contributed by atoms with Gasteiger partial charge in [-0.05, 0) is 117 Å². The summed E-state index contributed by atoms with van der Waals surface area (Å²) in [6.07, 6.45) is 6.60. The number of hydrogen-bond acceptors (Lipinski definition) is 0. The van der Waals surface area contributed by atoms with Gasteiger partial charge in [0.1, 0.15) is 11.6 Å². The van der Waals surface area contributed by atoms with Gasteiger partial charge in [-0.2, -0.15) is 0 Å². The first-order valence-corrected chi connectivity index (χ1v) is 12.5. The molecule has 178 valence electrons. The zero-order valence-corrected chi connectivity index (χ0v) is 21.1. The summed E-state index contributed by atoms with van der Waals surface area (Å²) in [6.45, 7) is 8.20. The third-order valence-corrected chi connectivity index (χ3v) is 7.19. The molecule has 2 heteroatoms. The molecule has 0 heterocycles. The predicted molar refractivity (Wildman–Crippen MR) is 140 cm³/mol. The van der Waals surface area contributed by atoms with E-state index in [1.54, 1.807) is 0 Å². The van der Waals surface area contributed by atoms with E-state index in [4.69, 9.17) is 0 Å². The van der Waals surface area contributed by atoms with Crippen molar-refractivity contribution in [2.75, 3.05) is 0 Å². The molecule has 4 rings (SSSR count). The van der Waals surface area contributed by atoms with Gasteiger partial charge in [-0.25, -0.2) is 8.78 Å². The van der Waals surface area contributed by atoms with Crippen LogP contribution in [0.4, 0.5) is 8.78 Å². The van der Waals surface area contributed by atoms with Gasteiger partial charge in [-0.1, -0.05) is 43.4 Å². The molecule has 0 unspecified atom stereocenters. The average molecular weight is 467 g/mol. The molecule has 0 N–H and O–H groups in total. The topological polar surface area (TPSA) is 0 Å². The number of rotatable bonds is 2. The van der Waals surface area contributed by atoms with Crippen molar-refractivity contribution in [1.29, 1.82) is 0 Å². The third-order valence-electron chi connectivity index (χ3n) is 7.19. The van der Waals surface area contributed by atoms with E-state index in [1.165, 1.54) is 67.9 Å². The largest absolute Gasteiger partial charge is 0.207 e. The van der Waals surface area contributed by atoms with Crippen LogP contribution in [0.1, 0.15) is 77.1 Å². The molecular weight excluding hydrogens is 434 g/mol. The van der Waals surface area contributed by atoms with Crippen molar-refractivity contribution >= 4 is 0 Å². The van der Waals surface area contributed by atoms with E-state index in [1.807, 2.05) is 24.3 Å². The molecule has 1 fully saturated rings. The van der Waals surface area contributed by atoms with E-state index in [0.29, 0.717) is 5.56 Å². The number of hydrogen-bond donors (Lipinski definition) is 0. The van der Waals surface area contributed by atoms with Crippen LogP contribution >= 0.6 is 0 Å². The van der Waals surface area contributed by atoms with Gasteiger partial charge in [0.25, 0.3) is 0 Å². The molecule has 1 aliphatic carbocycles. The monoisotopic (exact) mass is 466 g/mol. The molecule has 0 spiro atoms. The van der Waals surface area contributed by atoms with Crippen LogP contribution in [-0.4, -0.2) is 0 Å². The quantitative estimate of drug-likeness (QED) is 0.335. The standard InChI is InChI=1S/C33H32F2/c1-22-5-7-28(8-6-22)19-31-23(2)17-29(18-24(31)3)15-13-26-9-11-27(12-10-26)14-16-30-20-32(34)25(4)33(35)21-30/h9-12,17-18,20-22,28H,5-8,19H2,1-4H3. The van der Waals surface area contributed by atoms with Crippen molar-refractivity contribution in [2.24, 2.45) is 11.8 Å². The molecule has 0 bridgehead atoms. The Bertz CT molecular complexity index is 1290. The fraction of sp³-hybridized carbons (Fsp3) is 0.333. The maximum absolute atomic E-state index is 13.7. The fourth-order valence-electron chi connectivity index (χ4n) is 4.85. The van der Waals surface area contributed by atoms with Crippen LogP contribution in [0.15, 0.2) is 48.5 Å². The zero-order chi connectivity index (χ0) is 24.9. The zero-order valence-electron chi connectivity index (χ0n) is 21.1. The highest BCUT2D eigenvalue weighted by Gasteiger charge is 2.20. The lowest BCUT2D eigenvalue weighted by atomic mass is 9.79. The van der Waals surface area contributed by atoms with E-state index < -0.39 is 11.6 Å². The SMILES string of the molecule is Cc1cc(C#Cc2ccc(C#Cc3cc(F)c(C)c(F)c3)cc2)cc(C)c1CC1CCC(C)CC1. The molecule has 0 atom stereocenters. The summed E-state index contributed by atoms with van der Waals surface area (Å²) in [5, 5.41) is 0. The third kappa shape index (κ3) is 6.41. The number of halogens is 2. The van der Waals surface area contributed by atoms with Crippen molar-refractivity contribution in [1.82, 2.24) is 0 Å². The average Bonchev–Trinajstić information content (AvgIpc) is 2.84. The Kier molecular flexibility index (Phi) is 7.73. The second-order valence-corrected chi connectivity index (χ2v) is 10.1. The van der Waals surface area contributed by atoms with E-state index in [2.05, 4.69) is 56.6 Å². The second-order valence-electron chi connectivity index (χ2n) is 10.1. The Morgan fingerprint density at radius 3 is 1.57 bits per heavy atom. The fourth-order valence-corrected chi connectivity index (χ4v) is 4.85. The highest BCUT2D eigenvalue weighted by atomic mass is 19.1. The maximum Gasteiger partial charge on any atom is 0.130 e. The van der Waals surface area contributed by atoms with Gasteiger partial charge in [0.15, 0.2) is 0 Å². The summed E-state index contributed by atoms with van der Waals surface area (Å²) in [5.41, 5.74) is 7.20. The van der Waals surface area contributed by atoms with Gasteiger partial charge < -0.3 is 0 Å². The highest BCUT2D eigenvalue weighted by molar-refractivity contribution is 5.50. The van der Waals surface area contributed by atoms with Crippen molar-refractivity contribution in [3.8, 4) is 23.7 Å². The Labute approximate surface area is 208 Å². The molecule has 1 aliphatic rings. The Morgan fingerprint density at radius 1 is 0.657 bits per heavy atom. The summed E-state index contributed by atoms with van der Waals surface area (Å²) >= 11 is 0. The molecular formula is C33H32F2. The van der Waals surface area contributed by atoms with Gasteiger partial charge in [-0.3, -0.25) is 0 Å². The minimum absolute atomic E-state index is 0.0115. The van der Waals surface area contributed by atoms with E-state index >= 15 is 0 Å². The molecule has 3 aromatic rings. The molecule has 0 aromatic heterocycles. The van der Waals surface area contributed by atoms with E-state index in [-0.39, 0.29) is 5.56 Å². The summed E-state index contributed by atoms with van der Waals surface area (Å²) in [5.74, 6) is 12.9. The normalized spacial score (nSPS) is 17.2. The molecule has 0 aliphatic heterocycles. The molecule has 0 nitrogen and oxygen atoms in total. The Morgan fingerprint density at radius 2 is 1.09 bits per heavy atom. The first-order chi connectivity index (χ1) is 16.8. The lowest BCUT2D eigenvalue weighted by Crippen LogP contribution is -2.15. The van der Waals surface area contributed by atoms with Crippen LogP contribution in [0.3, 0.4) is 0 Å². The molecule has 35 heavy (non-hydrogen) atoms. The van der Waals surface area contributed by atoms with E-state index in [0.717, 1.165) is 28.5 Å². The van der Waals surface area contributed by atoms with Gasteiger partial charge in [-0.15, -0.1) is 0 Å². The van der Waals surface area contributed by atoms with Crippen molar-refractivity contribution in [3.05, 3.63) is 105 Å². The first kappa shape index (κ1) is 24.8. The van der Waals surface area contributed by atoms with Gasteiger partial charge in [0.2, 0.25) is 0 Å². The lowest BCUT2D eigenvalue weighted by molar-refractivity contribution is 0.288. The van der Waals surface area contributed by atoms with Gasteiger partial charge >= 0.3 is 0 Å². The maximum atomic E-state index is 13.7. The van der Waals surface area contributed by atoms with Gasteiger partial charge in [0, 0.05) is 27.8 Å². The first-order valence-electron chi connectivity index (χ1n) is 12.5. The van der Waals surface area contributed by atoms with Crippen LogP contribution in [0.2, 0.25) is 0 Å². The summed E-state index contributed by atoms with van der Waals surface area (Å²) in [7, 11) is 0. The van der Waals surface area contributed by atoms with Gasteiger partial charge in [0.05, 0.1) is 0 Å². The predicted octanol–water partition coefficient (Wildman–Crippen LogP) is 8.06. The Hall–Kier alpha value is -3.36. The molecule has 0 amide bonds. The minimum atomic E-state index is -0.581. The number of aryl methyl sites for hydroxylation is 2. The molecule has 0 saturated heterocycles. The summed E-state index contributed by atoms with van der Waals surface area (Å²) < 4.78 is 27.4. The molecule has 0 radical (unpaired) electrons. The minimum Gasteiger partial charge on any atom is -0.207 e. The van der Waals surface area contributed by atoms with Crippen LogP contribution in [0.25, 0.3) is 0 Å². The molecule has 1 saturated carbocycles. The van der Waals surface area contributed by atoms with Crippen LogP contribution in [0, 0.1) is 67.9 Å². The van der Waals surface area contributed by atoms with Crippen molar-refractivity contribution in [3.63, 3.8) is 0 Å². The summed E-state index contributed by atoms with van der Waals surface area (Å²) in [4.78, 5) is 0. The van der Waals surface area contributed by atoms with Crippen LogP contribution in [0.5, 0.6) is 0 Å². The van der Waals surface area contributed by atoms with Crippen LogP contribution < -0.4 is 0 Å². The van der Waals surface area contributed by atoms with Crippen molar-refractivity contribution in [2.45, 2.75) is 59.8 Å². The number of benzene rings is 3. The summed E-state index contributed by atoms with van der Waals surface area (Å²) in [6, 6.07) is 14.5. The van der Waals surface area contributed by atoms with Crippen molar-refractivity contribution < 1.29 is 8.78 Å². The Balaban J connectivity index is 1.44. The second kappa shape index (κ2) is 10.9. The van der Waals surface area contributed by atoms with E-state index in [9.17, 15) is 8.78 Å². The smallest absolute Gasteiger partial charge is 0.130 e. The van der Waals surface area contributed by atoms with Crippen LogP contribution in [-0.2, 0) is 6.42 Å². The molecule has 3 aromatic carbocycles. The lowest BCUT2D eigenvalue weighted by Gasteiger charge is -2.27.